The number of hydrogen-bond donors (Lipinski definition) is 2. The second kappa shape index (κ2) is 6.56. The van der Waals surface area contributed by atoms with Gasteiger partial charge in [0.15, 0.2) is 0 Å². The summed E-state index contributed by atoms with van der Waals surface area (Å²) in [6, 6.07) is 10.1. The van der Waals surface area contributed by atoms with Crippen molar-refractivity contribution in [3.05, 3.63) is 76.1 Å². The number of nitrogens with two attached hydrogens (primary N) is 1. The Bertz CT molecular complexity index is 1250. The highest BCUT2D eigenvalue weighted by Crippen LogP contribution is 2.39. The number of rotatable bonds is 3. The van der Waals surface area contributed by atoms with Gasteiger partial charge in [-0.05, 0) is 61.4 Å². The first-order valence-electron chi connectivity index (χ1n) is 8.86. The molecule has 3 N–H and O–H groups in total. The molecule has 0 aliphatic carbocycles. The molecule has 142 valence electrons. The number of benzene rings is 2. The van der Waals surface area contributed by atoms with E-state index in [1.54, 1.807) is 45.4 Å². The molecule has 5 nitrogen and oxygen atoms in total. The van der Waals surface area contributed by atoms with Gasteiger partial charge in [-0.25, -0.2) is 4.39 Å². The van der Waals surface area contributed by atoms with E-state index in [4.69, 9.17) is 10.5 Å². The largest absolute Gasteiger partial charge is 0.456 e. The molecule has 0 spiro atoms. The van der Waals surface area contributed by atoms with Gasteiger partial charge in [-0.3, -0.25) is 4.79 Å². The lowest BCUT2D eigenvalue weighted by atomic mass is 10.0. The highest BCUT2D eigenvalue weighted by atomic mass is 19.1. The molecule has 2 heterocycles. The number of nitrogens with one attached hydrogen (secondary N) is 1. The topological polar surface area (TPSA) is 73.0 Å². The van der Waals surface area contributed by atoms with Crippen LogP contribution in [-0.4, -0.2) is 9.55 Å². The summed E-state index contributed by atoms with van der Waals surface area (Å²) in [5.74, 6) is 0.877. The summed E-state index contributed by atoms with van der Waals surface area (Å²) in [6.45, 7) is 3.61. The average molecular weight is 377 g/mol. The SMILES string of the molecule is Cc1cc(F)cc(C)c1Oc1ccc(N)cc1-c1cn(C)c(=O)c2[nH]ccc12. The van der Waals surface area contributed by atoms with Gasteiger partial charge in [-0.15, -0.1) is 0 Å². The summed E-state index contributed by atoms with van der Waals surface area (Å²) in [5.41, 5.74) is 10.00. The maximum absolute atomic E-state index is 13.7. The number of aryl methyl sites for hydroxylation is 3. The summed E-state index contributed by atoms with van der Waals surface area (Å²) in [5, 5.41) is 0.783. The van der Waals surface area contributed by atoms with Crippen molar-refractivity contribution in [2.24, 2.45) is 7.05 Å². The van der Waals surface area contributed by atoms with Crippen LogP contribution >= 0.6 is 0 Å². The van der Waals surface area contributed by atoms with E-state index in [1.165, 1.54) is 16.7 Å². The lowest BCUT2D eigenvalue weighted by Crippen LogP contribution is -2.16. The van der Waals surface area contributed by atoms with Crippen molar-refractivity contribution >= 4 is 16.6 Å². The first-order chi connectivity index (χ1) is 13.3. The third-order valence-electron chi connectivity index (χ3n) is 4.83. The summed E-state index contributed by atoms with van der Waals surface area (Å²) < 4.78 is 21.4. The zero-order valence-corrected chi connectivity index (χ0v) is 15.8. The molecule has 2 aromatic carbocycles. The molecule has 0 aliphatic heterocycles. The molecule has 28 heavy (non-hydrogen) atoms. The van der Waals surface area contributed by atoms with E-state index in [-0.39, 0.29) is 11.4 Å². The number of anilines is 1. The molecular formula is C22H20FN3O2. The van der Waals surface area contributed by atoms with E-state index < -0.39 is 0 Å². The van der Waals surface area contributed by atoms with Crippen LogP contribution in [0.3, 0.4) is 0 Å². The Morgan fingerprint density at radius 2 is 1.79 bits per heavy atom. The minimum absolute atomic E-state index is 0.111. The van der Waals surface area contributed by atoms with Crippen LogP contribution in [0, 0.1) is 19.7 Å². The Labute approximate surface area is 161 Å². The van der Waals surface area contributed by atoms with Gasteiger partial charge in [-0.2, -0.15) is 0 Å². The molecule has 0 unspecified atom stereocenters. The van der Waals surface area contributed by atoms with E-state index in [0.717, 1.165) is 16.5 Å². The maximum Gasteiger partial charge on any atom is 0.274 e. The fourth-order valence-corrected chi connectivity index (χ4v) is 3.50. The quantitative estimate of drug-likeness (QED) is 0.510. The first kappa shape index (κ1) is 17.9. The fraction of sp³-hybridized carbons (Fsp3) is 0.136. The molecule has 0 saturated carbocycles. The van der Waals surface area contributed by atoms with Gasteiger partial charge in [0.1, 0.15) is 22.8 Å². The fourth-order valence-electron chi connectivity index (χ4n) is 3.50. The maximum atomic E-state index is 13.7. The van der Waals surface area contributed by atoms with Gasteiger partial charge in [0, 0.05) is 41.6 Å². The molecule has 4 aromatic rings. The number of halogens is 1. The summed E-state index contributed by atoms with van der Waals surface area (Å²) >= 11 is 0. The van der Waals surface area contributed by atoms with Crippen LogP contribution in [0.4, 0.5) is 10.1 Å². The Balaban J connectivity index is 1.94. The highest BCUT2D eigenvalue weighted by Gasteiger charge is 2.16. The molecule has 0 aliphatic rings. The molecule has 2 aromatic heterocycles. The Kier molecular flexibility index (Phi) is 4.19. The van der Waals surface area contributed by atoms with Gasteiger partial charge in [0.25, 0.3) is 5.56 Å². The molecule has 6 heteroatoms. The number of H-pyrrole nitrogens is 1. The van der Waals surface area contributed by atoms with Crippen molar-refractivity contribution < 1.29 is 9.13 Å². The molecule has 0 radical (unpaired) electrons. The zero-order valence-electron chi connectivity index (χ0n) is 15.8. The van der Waals surface area contributed by atoms with Crippen molar-refractivity contribution in [3.8, 4) is 22.6 Å². The van der Waals surface area contributed by atoms with Crippen molar-refractivity contribution in [2.75, 3.05) is 5.73 Å². The molecule has 0 saturated heterocycles. The van der Waals surface area contributed by atoms with Gasteiger partial charge < -0.3 is 20.0 Å². The number of aromatic amines is 1. The molecule has 0 atom stereocenters. The van der Waals surface area contributed by atoms with E-state index in [1.807, 2.05) is 12.1 Å². The average Bonchev–Trinajstić information content (AvgIpc) is 3.12. The highest BCUT2D eigenvalue weighted by molar-refractivity contribution is 5.96. The monoisotopic (exact) mass is 377 g/mol. The molecule has 4 rings (SSSR count). The van der Waals surface area contributed by atoms with Gasteiger partial charge >= 0.3 is 0 Å². The summed E-state index contributed by atoms with van der Waals surface area (Å²) in [7, 11) is 1.70. The third-order valence-corrected chi connectivity index (χ3v) is 4.83. The second-order valence-electron chi connectivity index (χ2n) is 6.95. The van der Waals surface area contributed by atoms with Crippen LogP contribution in [-0.2, 0) is 7.05 Å². The minimum atomic E-state index is -0.299. The molecule has 0 fully saturated rings. The normalized spacial score (nSPS) is 11.1. The predicted molar refractivity (Wildman–Crippen MR) is 109 cm³/mol. The van der Waals surface area contributed by atoms with Gasteiger partial charge in [0.05, 0.1) is 0 Å². The van der Waals surface area contributed by atoms with Crippen LogP contribution in [0.2, 0.25) is 0 Å². The number of ether oxygens (including phenoxy) is 1. The van der Waals surface area contributed by atoms with Gasteiger partial charge in [-0.1, -0.05) is 0 Å². The van der Waals surface area contributed by atoms with Crippen molar-refractivity contribution in [1.29, 1.82) is 0 Å². The number of hydrogen-bond acceptors (Lipinski definition) is 3. The third kappa shape index (κ3) is 2.93. The lowest BCUT2D eigenvalue weighted by Gasteiger charge is -2.17. The smallest absolute Gasteiger partial charge is 0.274 e. The first-order valence-corrected chi connectivity index (χ1v) is 8.86. The van der Waals surface area contributed by atoms with Crippen molar-refractivity contribution in [2.45, 2.75) is 13.8 Å². The summed E-state index contributed by atoms with van der Waals surface area (Å²) in [6.07, 6.45) is 3.50. The van der Waals surface area contributed by atoms with E-state index in [2.05, 4.69) is 4.98 Å². The number of pyridine rings is 1. The second-order valence-corrected chi connectivity index (χ2v) is 6.95. The van der Waals surface area contributed by atoms with Crippen LogP contribution in [0.15, 0.2) is 53.6 Å². The lowest BCUT2D eigenvalue weighted by molar-refractivity contribution is 0.474. The Hall–Kier alpha value is -3.54. The minimum Gasteiger partial charge on any atom is -0.456 e. The van der Waals surface area contributed by atoms with Gasteiger partial charge in [0.2, 0.25) is 0 Å². The zero-order chi connectivity index (χ0) is 20.0. The molecular weight excluding hydrogens is 357 g/mol. The number of nitrogens with zero attached hydrogens (tertiary/aromatic N) is 1. The van der Waals surface area contributed by atoms with Crippen molar-refractivity contribution in [1.82, 2.24) is 9.55 Å². The number of aromatic nitrogens is 2. The Morgan fingerprint density at radius 3 is 2.50 bits per heavy atom. The standard InChI is InChI=1S/C22H20FN3O2/c1-12-8-14(23)9-13(2)21(12)28-19-5-4-15(24)10-17(19)18-11-26(3)22(27)20-16(18)6-7-25-20/h4-11,25H,24H2,1-3H3. The van der Waals surface area contributed by atoms with Crippen LogP contribution in [0.5, 0.6) is 11.5 Å². The molecule has 0 bridgehead atoms. The van der Waals surface area contributed by atoms with Crippen LogP contribution in [0.25, 0.3) is 22.0 Å². The molecule has 0 amide bonds. The predicted octanol–water partition coefficient (Wildman–Crippen LogP) is 4.66. The van der Waals surface area contributed by atoms with Crippen LogP contribution in [0.1, 0.15) is 11.1 Å². The number of fused-ring (bicyclic) bond motifs is 1. The number of nitrogen functional groups attached to an aromatic ring is 1. The van der Waals surface area contributed by atoms with E-state index in [9.17, 15) is 9.18 Å². The van der Waals surface area contributed by atoms with E-state index in [0.29, 0.717) is 33.8 Å². The van der Waals surface area contributed by atoms with E-state index >= 15 is 0 Å². The summed E-state index contributed by atoms with van der Waals surface area (Å²) in [4.78, 5) is 15.4. The van der Waals surface area contributed by atoms with Crippen LogP contribution < -0.4 is 16.0 Å². The van der Waals surface area contributed by atoms with Crippen molar-refractivity contribution in [3.63, 3.8) is 0 Å². The Morgan fingerprint density at radius 1 is 1.07 bits per heavy atom.